The maximum atomic E-state index is 12.6. The van der Waals surface area contributed by atoms with Gasteiger partial charge in [-0.2, -0.15) is 0 Å². The van der Waals surface area contributed by atoms with Gasteiger partial charge < -0.3 is 10.2 Å². The maximum Gasteiger partial charge on any atom is 0.293 e. The Morgan fingerprint density at radius 1 is 1.19 bits per heavy atom. The van der Waals surface area contributed by atoms with Crippen LogP contribution in [0.5, 0.6) is 0 Å². The van der Waals surface area contributed by atoms with Crippen molar-refractivity contribution >= 4 is 61.3 Å². The van der Waals surface area contributed by atoms with Crippen LogP contribution in [0.1, 0.15) is 35.2 Å². The summed E-state index contributed by atoms with van der Waals surface area (Å²) in [5.41, 5.74) is 2.63. The van der Waals surface area contributed by atoms with E-state index in [-0.39, 0.29) is 16.4 Å². The van der Waals surface area contributed by atoms with E-state index < -0.39 is 10.8 Å². The summed E-state index contributed by atoms with van der Waals surface area (Å²) < 4.78 is 1.01. The summed E-state index contributed by atoms with van der Waals surface area (Å²) in [4.78, 5) is 30.3. The van der Waals surface area contributed by atoms with Crippen LogP contribution in [0.15, 0.2) is 36.4 Å². The van der Waals surface area contributed by atoms with Crippen molar-refractivity contribution in [2.75, 3.05) is 23.3 Å². The number of nitrogens with zero attached hydrogens (tertiary/aromatic N) is 3. The molecule has 31 heavy (non-hydrogen) atoms. The molecule has 2 N–H and O–H groups in total. The molecule has 3 aromatic rings. The van der Waals surface area contributed by atoms with Crippen LogP contribution in [0.4, 0.5) is 16.5 Å². The molecule has 10 heteroatoms. The van der Waals surface area contributed by atoms with Crippen molar-refractivity contribution in [3.8, 4) is 0 Å². The lowest BCUT2D eigenvalue weighted by Gasteiger charge is -2.28. The average molecular weight is 456 g/mol. The van der Waals surface area contributed by atoms with Crippen LogP contribution in [0, 0.1) is 17.0 Å². The van der Waals surface area contributed by atoms with E-state index in [9.17, 15) is 14.9 Å². The van der Waals surface area contributed by atoms with Crippen molar-refractivity contribution in [1.82, 2.24) is 10.3 Å². The van der Waals surface area contributed by atoms with E-state index >= 15 is 0 Å². The molecular weight excluding hydrogens is 434 g/mol. The fraction of sp³-hybridized carbons (Fsp3) is 0.286. The normalized spacial score (nSPS) is 13.8. The number of nitro benzene ring substituents is 1. The predicted octanol–water partition coefficient (Wildman–Crippen LogP) is 4.63. The standard InChI is InChI=1S/C21H21N5O3S2/c1-13-5-7-15-18(11-13)31-21(22-15)24-20(30)23-19(27)14-6-8-16(17(12-14)26(28)29)25-9-3-2-4-10-25/h5-8,11-12H,2-4,9-10H2,1H3,(H2,22,23,24,27,30). The van der Waals surface area contributed by atoms with Gasteiger partial charge in [0.2, 0.25) is 0 Å². The zero-order valence-electron chi connectivity index (χ0n) is 16.9. The average Bonchev–Trinajstić information content (AvgIpc) is 3.14. The molecule has 1 aliphatic rings. The first kappa shape index (κ1) is 21.1. The molecule has 4 rings (SSSR count). The number of carbonyl (C=O) groups excluding carboxylic acids is 1. The number of fused-ring (bicyclic) bond motifs is 1. The highest BCUT2D eigenvalue weighted by molar-refractivity contribution is 7.80. The number of carbonyl (C=O) groups is 1. The number of thiocarbonyl (C=S) groups is 1. The first-order valence-corrected chi connectivity index (χ1v) is 11.2. The minimum absolute atomic E-state index is 0.0741. The Kier molecular flexibility index (Phi) is 6.10. The molecule has 0 radical (unpaired) electrons. The lowest BCUT2D eigenvalue weighted by molar-refractivity contribution is -0.384. The van der Waals surface area contributed by atoms with Crippen LogP contribution >= 0.6 is 23.6 Å². The summed E-state index contributed by atoms with van der Waals surface area (Å²) in [6.07, 6.45) is 3.14. The van der Waals surface area contributed by atoms with Crippen LogP contribution in [0.25, 0.3) is 10.2 Å². The van der Waals surface area contributed by atoms with Gasteiger partial charge in [0.25, 0.3) is 11.6 Å². The van der Waals surface area contributed by atoms with Gasteiger partial charge in [0.1, 0.15) is 5.69 Å². The topological polar surface area (TPSA) is 100 Å². The number of rotatable bonds is 4. The number of piperidine rings is 1. The molecule has 0 bridgehead atoms. The molecule has 1 fully saturated rings. The smallest absolute Gasteiger partial charge is 0.293 e. The number of benzene rings is 2. The van der Waals surface area contributed by atoms with Crippen molar-refractivity contribution in [2.24, 2.45) is 0 Å². The second-order valence-electron chi connectivity index (χ2n) is 7.41. The lowest BCUT2D eigenvalue weighted by atomic mass is 10.1. The van der Waals surface area contributed by atoms with Crippen LogP contribution in [0.2, 0.25) is 0 Å². The van der Waals surface area contributed by atoms with Crippen molar-refractivity contribution in [1.29, 1.82) is 0 Å². The SMILES string of the molecule is Cc1ccc2nc(NC(=S)NC(=O)c3ccc(N4CCCCC4)c([N+](=O)[O-])c3)sc2c1. The van der Waals surface area contributed by atoms with Crippen molar-refractivity contribution in [3.05, 3.63) is 57.6 Å². The molecule has 2 heterocycles. The Morgan fingerprint density at radius 3 is 2.71 bits per heavy atom. The monoisotopic (exact) mass is 455 g/mol. The number of amides is 1. The van der Waals surface area contributed by atoms with Crippen LogP contribution in [0.3, 0.4) is 0 Å². The van der Waals surface area contributed by atoms with E-state index in [1.54, 1.807) is 12.1 Å². The predicted molar refractivity (Wildman–Crippen MR) is 127 cm³/mol. The largest absolute Gasteiger partial charge is 0.366 e. The zero-order chi connectivity index (χ0) is 22.0. The number of anilines is 2. The molecule has 1 amide bonds. The number of aromatic nitrogens is 1. The Bertz CT molecular complexity index is 1170. The zero-order valence-corrected chi connectivity index (χ0v) is 18.5. The highest BCUT2D eigenvalue weighted by atomic mass is 32.1. The summed E-state index contributed by atoms with van der Waals surface area (Å²) in [5, 5.41) is 17.8. The van der Waals surface area contributed by atoms with Gasteiger partial charge >= 0.3 is 0 Å². The van der Waals surface area contributed by atoms with E-state index in [0.29, 0.717) is 10.8 Å². The number of hydrogen-bond acceptors (Lipinski definition) is 7. The number of thiazole rings is 1. The Labute approximate surface area is 188 Å². The second kappa shape index (κ2) is 8.94. The molecular formula is C21H21N5O3S2. The molecule has 0 atom stereocenters. The molecule has 8 nitrogen and oxygen atoms in total. The molecule has 2 aromatic carbocycles. The molecule has 160 valence electrons. The van der Waals surface area contributed by atoms with Crippen LogP contribution in [-0.2, 0) is 0 Å². The summed E-state index contributed by atoms with van der Waals surface area (Å²) in [5.74, 6) is -0.511. The summed E-state index contributed by atoms with van der Waals surface area (Å²) in [7, 11) is 0. The fourth-order valence-electron chi connectivity index (χ4n) is 3.60. The number of aryl methyl sites for hydroxylation is 1. The van der Waals surface area contributed by atoms with Crippen LogP contribution < -0.4 is 15.5 Å². The highest BCUT2D eigenvalue weighted by Crippen LogP contribution is 2.31. The third kappa shape index (κ3) is 4.80. The fourth-order valence-corrected chi connectivity index (χ4v) is 4.82. The molecule has 0 saturated carbocycles. The van der Waals surface area contributed by atoms with E-state index in [2.05, 4.69) is 15.6 Å². The second-order valence-corrected chi connectivity index (χ2v) is 8.85. The molecule has 1 saturated heterocycles. The van der Waals surface area contributed by atoms with E-state index in [0.717, 1.165) is 48.1 Å². The molecule has 1 aliphatic heterocycles. The van der Waals surface area contributed by atoms with Gasteiger partial charge in [0.05, 0.1) is 15.1 Å². The third-order valence-corrected chi connectivity index (χ3v) is 6.26. The molecule has 0 spiro atoms. The quantitative estimate of drug-likeness (QED) is 0.336. The van der Waals surface area contributed by atoms with Crippen molar-refractivity contribution in [3.63, 3.8) is 0 Å². The molecule has 0 aliphatic carbocycles. The van der Waals surface area contributed by atoms with Gasteiger partial charge in [0.15, 0.2) is 10.2 Å². The van der Waals surface area contributed by atoms with Gasteiger partial charge in [0, 0.05) is 24.7 Å². The minimum atomic E-state index is -0.511. The van der Waals surface area contributed by atoms with E-state index in [1.807, 2.05) is 30.0 Å². The van der Waals surface area contributed by atoms with Crippen LogP contribution in [-0.4, -0.2) is 34.0 Å². The van der Waals surface area contributed by atoms with Crippen molar-refractivity contribution in [2.45, 2.75) is 26.2 Å². The Balaban J connectivity index is 1.47. The van der Waals surface area contributed by atoms with Gasteiger partial charge in [-0.3, -0.25) is 20.2 Å². The number of hydrogen-bond donors (Lipinski definition) is 2. The first-order valence-electron chi connectivity index (χ1n) is 9.93. The number of nitrogens with one attached hydrogen (secondary N) is 2. The molecule has 0 unspecified atom stereocenters. The first-order chi connectivity index (χ1) is 14.9. The highest BCUT2D eigenvalue weighted by Gasteiger charge is 2.23. The maximum absolute atomic E-state index is 12.6. The Hall–Kier alpha value is -3.11. The van der Waals surface area contributed by atoms with Gasteiger partial charge in [-0.25, -0.2) is 4.98 Å². The van der Waals surface area contributed by atoms with Crippen molar-refractivity contribution < 1.29 is 9.72 Å². The summed E-state index contributed by atoms with van der Waals surface area (Å²) in [6.45, 7) is 3.57. The minimum Gasteiger partial charge on any atom is -0.366 e. The van der Waals surface area contributed by atoms with Gasteiger partial charge in [-0.15, -0.1) is 0 Å². The van der Waals surface area contributed by atoms with Gasteiger partial charge in [-0.1, -0.05) is 17.4 Å². The molecule has 1 aromatic heterocycles. The Morgan fingerprint density at radius 2 is 1.97 bits per heavy atom. The van der Waals surface area contributed by atoms with Gasteiger partial charge in [-0.05, 0) is 68.2 Å². The van der Waals surface area contributed by atoms with E-state index in [4.69, 9.17) is 12.2 Å². The summed E-state index contributed by atoms with van der Waals surface area (Å²) >= 11 is 6.67. The van der Waals surface area contributed by atoms with E-state index in [1.165, 1.54) is 17.4 Å². The third-order valence-electron chi connectivity index (χ3n) is 5.12. The summed E-state index contributed by atoms with van der Waals surface area (Å²) in [6, 6.07) is 10.5. The number of nitro groups is 1. The lowest BCUT2D eigenvalue weighted by Crippen LogP contribution is -2.34.